The highest BCUT2D eigenvalue weighted by Gasteiger charge is 2.19. The molecule has 0 radical (unpaired) electrons. The van der Waals surface area contributed by atoms with E-state index >= 15 is 0 Å². The van der Waals surface area contributed by atoms with E-state index in [4.69, 9.17) is 10.1 Å². The van der Waals surface area contributed by atoms with Gasteiger partial charge in [-0.3, -0.25) is 0 Å². The molecule has 3 nitrogen and oxygen atoms in total. The summed E-state index contributed by atoms with van der Waals surface area (Å²) in [6.45, 7) is 8.54. The third-order valence-corrected chi connectivity index (χ3v) is 7.35. The van der Waals surface area contributed by atoms with Gasteiger partial charge in [-0.05, 0) is 112 Å². The highest BCUT2D eigenvalue weighted by atomic mass is 32.1. The molecular formula is C29H28FN3S. The van der Waals surface area contributed by atoms with Crippen LogP contribution in [-0.4, -0.2) is 10.4 Å². The standard InChI is InChI=1S/C29H28FN3S/c1-18-14-21(4)25-6-5-7-27(26(25)15-18)32-33-28(22-9-11-23(30)12-10-22)17-34-29(33)31-24-13-8-19(2)20(3)16-24/h8-17H,5-7H2,1-4H3/b31-29?,32-27-. The molecule has 0 amide bonds. The number of hydrogen-bond acceptors (Lipinski definition) is 3. The zero-order valence-electron chi connectivity index (χ0n) is 20.0. The van der Waals surface area contributed by atoms with Crippen LogP contribution in [0.3, 0.4) is 0 Å². The molecule has 0 atom stereocenters. The van der Waals surface area contributed by atoms with Gasteiger partial charge in [0.2, 0.25) is 4.80 Å². The molecule has 1 aromatic heterocycles. The van der Waals surface area contributed by atoms with Crippen LogP contribution in [0.5, 0.6) is 0 Å². The Morgan fingerprint density at radius 3 is 2.41 bits per heavy atom. The molecule has 3 aromatic carbocycles. The van der Waals surface area contributed by atoms with Crippen LogP contribution in [0.2, 0.25) is 0 Å². The number of nitrogens with zero attached hydrogens (tertiary/aromatic N) is 3. The second-order valence-corrected chi connectivity index (χ2v) is 9.95. The van der Waals surface area contributed by atoms with E-state index in [1.54, 1.807) is 23.5 Å². The van der Waals surface area contributed by atoms with Gasteiger partial charge in [0.15, 0.2) is 0 Å². The fraction of sp³-hybridized carbons (Fsp3) is 0.241. The van der Waals surface area contributed by atoms with Crippen molar-refractivity contribution < 1.29 is 4.39 Å². The second kappa shape index (κ2) is 9.15. The Balaban J connectivity index is 1.72. The number of halogens is 1. The Kier molecular flexibility index (Phi) is 6.05. The van der Waals surface area contributed by atoms with Crippen LogP contribution >= 0.6 is 11.3 Å². The summed E-state index contributed by atoms with van der Waals surface area (Å²) >= 11 is 1.55. The Morgan fingerprint density at radius 1 is 0.853 bits per heavy atom. The van der Waals surface area contributed by atoms with Crippen LogP contribution in [0, 0.1) is 33.5 Å². The van der Waals surface area contributed by atoms with E-state index in [9.17, 15) is 4.39 Å². The lowest BCUT2D eigenvalue weighted by Gasteiger charge is -2.21. The van der Waals surface area contributed by atoms with E-state index in [1.807, 2.05) is 10.7 Å². The fourth-order valence-corrected chi connectivity index (χ4v) is 5.43. The number of rotatable bonds is 3. The SMILES string of the molecule is Cc1cc(C)c2c(c1)/C(=N\n1c(-c3ccc(F)cc3)csc1=Nc1ccc(C)c(C)c1)CCC2. The van der Waals surface area contributed by atoms with Gasteiger partial charge in [0.1, 0.15) is 5.82 Å². The molecule has 0 spiro atoms. The quantitative estimate of drug-likeness (QED) is 0.299. The molecule has 0 N–H and O–H groups in total. The molecule has 1 heterocycles. The summed E-state index contributed by atoms with van der Waals surface area (Å²) in [4.78, 5) is 5.76. The minimum Gasteiger partial charge on any atom is -0.220 e. The summed E-state index contributed by atoms with van der Waals surface area (Å²) in [5.41, 5.74) is 11.5. The summed E-state index contributed by atoms with van der Waals surface area (Å²) in [6, 6.07) is 17.3. The van der Waals surface area contributed by atoms with Crippen molar-refractivity contribution in [3.63, 3.8) is 0 Å². The number of thiazole rings is 1. The van der Waals surface area contributed by atoms with Gasteiger partial charge >= 0.3 is 0 Å². The van der Waals surface area contributed by atoms with Gasteiger partial charge in [-0.2, -0.15) is 5.10 Å². The molecule has 0 saturated heterocycles. The van der Waals surface area contributed by atoms with Crippen LogP contribution in [0.1, 0.15) is 46.2 Å². The number of fused-ring (bicyclic) bond motifs is 1. The molecule has 0 unspecified atom stereocenters. The van der Waals surface area contributed by atoms with Crippen molar-refractivity contribution in [1.82, 2.24) is 4.68 Å². The minimum absolute atomic E-state index is 0.246. The van der Waals surface area contributed by atoms with Crippen molar-refractivity contribution >= 4 is 22.7 Å². The summed E-state index contributed by atoms with van der Waals surface area (Å²) in [5, 5.41) is 7.25. The third-order valence-electron chi connectivity index (χ3n) is 6.53. The number of hydrogen-bond donors (Lipinski definition) is 0. The number of aromatic nitrogens is 1. The van der Waals surface area contributed by atoms with Crippen LogP contribution in [0.4, 0.5) is 10.1 Å². The first-order valence-electron chi connectivity index (χ1n) is 11.7. The topological polar surface area (TPSA) is 29.6 Å². The van der Waals surface area contributed by atoms with E-state index in [1.165, 1.54) is 45.5 Å². The van der Waals surface area contributed by atoms with Gasteiger partial charge in [-0.25, -0.2) is 14.1 Å². The average molecular weight is 470 g/mol. The molecule has 34 heavy (non-hydrogen) atoms. The van der Waals surface area contributed by atoms with Gasteiger partial charge in [0.05, 0.1) is 17.1 Å². The lowest BCUT2D eigenvalue weighted by molar-refractivity contribution is 0.628. The molecule has 1 aliphatic rings. The molecule has 4 aromatic rings. The molecule has 5 heteroatoms. The Morgan fingerprint density at radius 2 is 1.65 bits per heavy atom. The predicted molar refractivity (Wildman–Crippen MR) is 140 cm³/mol. The highest BCUT2D eigenvalue weighted by molar-refractivity contribution is 7.07. The second-order valence-electron chi connectivity index (χ2n) is 9.11. The highest BCUT2D eigenvalue weighted by Crippen LogP contribution is 2.28. The van der Waals surface area contributed by atoms with Gasteiger partial charge in [0, 0.05) is 16.5 Å². The summed E-state index contributed by atoms with van der Waals surface area (Å²) in [7, 11) is 0. The van der Waals surface area contributed by atoms with Gasteiger partial charge in [0.25, 0.3) is 0 Å². The van der Waals surface area contributed by atoms with Crippen molar-refractivity contribution in [2.45, 2.75) is 47.0 Å². The number of benzene rings is 3. The van der Waals surface area contributed by atoms with Crippen molar-refractivity contribution in [2.24, 2.45) is 10.1 Å². The molecule has 172 valence electrons. The third kappa shape index (κ3) is 4.40. The van der Waals surface area contributed by atoms with Crippen LogP contribution < -0.4 is 4.80 Å². The molecule has 5 rings (SSSR count). The smallest absolute Gasteiger partial charge is 0.211 e. The zero-order valence-corrected chi connectivity index (χ0v) is 20.8. The molecule has 0 bridgehead atoms. The summed E-state index contributed by atoms with van der Waals surface area (Å²) < 4.78 is 15.6. The van der Waals surface area contributed by atoms with E-state index in [2.05, 4.69) is 57.3 Å². The van der Waals surface area contributed by atoms with E-state index in [-0.39, 0.29) is 5.82 Å². The summed E-state index contributed by atoms with van der Waals surface area (Å²) in [5.74, 6) is -0.246. The van der Waals surface area contributed by atoms with E-state index in [0.717, 1.165) is 46.7 Å². The average Bonchev–Trinajstić information content (AvgIpc) is 3.19. The lowest BCUT2D eigenvalue weighted by atomic mass is 9.86. The minimum atomic E-state index is -0.246. The zero-order chi connectivity index (χ0) is 23.8. The summed E-state index contributed by atoms with van der Waals surface area (Å²) in [6.07, 6.45) is 3.08. The van der Waals surface area contributed by atoms with Crippen molar-refractivity contribution in [3.8, 4) is 11.3 Å². The first-order valence-corrected chi connectivity index (χ1v) is 12.5. The maximum atomic E-state index is 13.6. The van der Waals surface area contributed by atoms with E-state index in [0.29, 0.717) is 0 Å². The van der Waals surface area contributed by atoms with Crippen LogP contribution in [0.25, 0.3) is 11.3 Å². The first-order chi connectivity index (χ1) is 16.4. The molecule has 1 aliphatic carbocycles. The van der Waals surface area contributed by atoms with Crippen molar-refractivity contribution in [1.29, 1.82) is 0 Å². The predicted octanol–water partition coefficient (Wildman–Crippen LogP) is 7.41. The van der Waals surface area contributed by atoms with Gasteiger partial charge in [-0.15, -0.1) is 11.3 Å². The monoisotopic (exact) mass is 469 g/mol. The van der Waals surface area contributed by atoms with Gasteiger partial charge < -0.3 is 0 Å². The number of aryl methyl sites for hydroxylation is 4. The van der Waals surface area contributed by atoms with Crippen LogP contribution in [-0.2, 0) is 6.42 Å². The first kappa shape index (κ1) is 22.5. The Labute approximate surface area is 204 Å². The lowest BCUT2D eigenvalue weighted by Crippen LogP contribution is -2.19. The van der Waals surface area contributed by atoms with Crippen molar-refractivity contribution in [3.05, 3.63) is 104 Å². The molecule has 0 saturated carbocycles. The maximum absolute atomic E-state index is 13.6. The van der Waals surface area contributed by atoms with Crippen molar-refractivity contribution in [2.75, 3.05) is 0 Å². The largest absolute Gasteiger partial charge is 0.220 e. The molecular weight excluding hydrogens is 441 g/mol. The molecule has 0 aliphatic heterocycles. The Hall–Kier alpha value is -3.31. The maximum Gasteiger partial charge on any atom is 0.211 e. The Bertz CT molecular complexity index is 1470. The normalized spacial score (nSPS) is 15.1. The fourth-order valence-electron chi connectivity index (χ4n) is 4.58. The van der Waals surface area contributed by atoms with Gasteiger partial charge in [-0.1, -0.05) is 17.7 Å². The van der Waals surface area contributed by atoms with E-state index < -0.39 is 0 Å². The van der Waals surface area contributed by atoms with Crippen LogP contribution in [0.15, 0.2) is 70.1 Å². The molecule has 0 fully saturated rings.